The van der Waals surface area contributed by atoms with Gasteiger partial charge in [0, 0.05) is 55.2 Å². The van der Waals surface area contributed by atoms with Crippen molar-refractivity contribution in [2.75, 3.05) is 50.6 Å². The number of aryl methyl sites for hydroxylation is 2. The van der Waals surface area contributed by atoms with Crippen molar-refractivity contribution in [3.63, 3.8) is 0 Å². The number of alkyl halides is 3. The van der Waals surface area contributed by atoms with Crippen LogP contribution in [0.2, 0.25) is 0 Å². The molecule has 7 rings (SSSR count). The summed E-state index contributed by atoms with van der Waals surface area (Å²) in [6, 6.07) is 13.3. The van der Waals surface area contributed by atoms with E-state index in [1.807, 2.05) is 11.9 Å². The Morgan fingerprint density at radius 1 is 1.02 bits per heavy atom. The molecule has 2 aliphatic heterocycles. The first-order chi connectivity index (χ1) is 22.5. The maximum Gasteiger partial charge on any atom is 0.393 e. The molecule has 0 spiro atoms. The molecule has 250 valence electrons. The SMILES string of the molecule is CCc1cccc2cccc(N3CCc4c(nc(OCC5(CN(C)C)CC5)nc4N(C)Cc4nnc5n4CC(C(F)(F)F)CC5)C3)c12. The van der Waals surface area contributed by atoms with Crippen LogP contribution in [-0.2, 0) is 38.9 Å². The predicted molar refractivity (Wildman–Crippen MR) is 176 cm³/mol. The highest BCUT2D eigenvalue weighted by atomic mass is 19.4. The molecule has 4 aromatic rings. The number of benzene rings is 2. The normalized spacial score (nSPS) is 18.7. The fourth-order valence-electron chi connectivity index (χ4n) is 7.40. The Balaban J connectivity index is 1.21. The molecule has 3 aliphatic rings. The number of rotatable bonds is 10. The minimum atomic E-state index is -4.25. The minimum Gasteiger partial charge on any atom is -0.463 e. The van der Waals surface area contributed by atoms with E-state index in [0.29, 0.717) is 30.8 Å². The maximum absolute atomic E-state index is 13.6. The van der Waals surface area contributed by atoms with Crippen LogP contribution in [0.4, 0.5) is 24.7 Å². The summed E-state index contributed by atoms with van der Waals surface area (Å²) >= 11 is 0. The van der Waals surface area contributed by atoms with Crippen LogP contribution in [0.1, 0.15) is 54.7 Å². The Labute approximate surface area is 273 Å². The third-order valence-corrected chi connectivity index (χ3v) is 10.1. The van der Waals surface area contributed by atoms with Crippen molar-refractivity contribution in [3.05, 3.63) is 64.9 Å². The fourth-order valence-corrected chi connectivity index (χ4v) is 7.40. The molecular weight excluding hydrogens is 605 g/mol. The Morgan fingerprint density at radius 2 is 1.81 bits per heavy atom. The first-order valence-corrected chi connectivity index (χ1v) is 16.7. The van der Waals surface area contributed by atoms with Crippen LogP contribution in [0.25, 0.3) is 10.8 Å². The zero-order valence-corrected chi connectivity index (χ0v) is 27.6. The van der Waals surface area contributed by atoms with Gasteiger partial charge < -0.3 is 24.0 Å². The first kappa shape index (κ1) is 31.7. The molecule has 2 aromatic carbocycles. The van der Waals surface area contributed by atoms with Crippen molar-refractivity contribution in [2.45, 2.75) is 71.3 Å². The van der Waals surface area contributed by atoms with Crippen molar-refractivity contribution in [1.82, 2.24) is 29.6 Å². The van der Waals surface area contributed by atoms with Gasteiger partial charge in [0.15, 0.2) is 5.82 Å². The first-order valence-electron chi connectivity index (χ1n) is 16.7. The van der Waals surface area contributed by atoms with Crippen molar-refractivity contribution in [1.29, 1.82) is 0 Å². The van der Waals surface area contributed by atoms with Gasteiger partial charge in [-0.25, -0.2) is 0 Å². The van der Waals surface area contributed by atoms with Crippen molar-refractivity contribution < 1.29 is 17.9 Å². The van der Waals surface area contributed by atoms with E-state index in [0.717, 1.165) is 55.8 Å². The van der Waals surface area contributed by atoms with Crippen molar-refractivity contribution in [2.24, 2.45) is 11.3 Å². The molecular formula is C35H43F3N8O. The van der Waals surface area contributed by atoms with E-state index in [1.165, 1.54) is 22.0 Å². The average Bonchev–Trinajstić information content (AvgIpc) is 3.70. The number of fused-ring (bicyclic) bond motifs is 3. The van der Waals surface area contributed by atoms with E-state index in [4.69, 9.17) is 14.7 Å². The Bertz CT molecular complexity index is 1760. The highest BCUT2D eigenvalue weighted by Crippen LogP contribution is 2.46. The standard InChI is InChI=1S/C35H43F3N8O/c1-5-23-8-6-9-24-10-7-11-28(31(23)24)45-17-14-26-27(19-45)39-33(47-22-34(15-16-34)21-43(2)3)40-32(26)44(4)20-30-42-41-29-13-12-25(18-46(29)30)35(36,37)38/h6-11,25H,5,12-22H2,1-4H3. The molecule has 4 heterocycles. The van der Waals surface area contributed by atoms with Gasteiger partial charge in [0.05, 0.1) is 31.3 Å². The molecule has 0 saturated heterocycles. The lowest BCUT2D eigenvalue weighted by Crippen LogP contribution is -2.35. The third kappa shape index (κ3) is 6.36. The molecule has 12 heteroatoms. The molecule has 47 heavy (non-hydrogen) atoms. The van der Waals surface area contributed by atoms with Gasteiger partial charge in [-0.3, -0.25) is 0 Å². The summed E-state index contributed by atoms with van der Waals surface area (Å²) in [4.78, 5) is 16.5. The van der Waals surface area contributed by atoms with Crippen LogP contribution in [-0.4, -0.2) is 76.6 Å². The summed E-state index contributed by atoms with van der Waals surface area (Å²) in [5, 5.41) is 11.1. The number of ether oxygens (including phenoxy) is 1. The van der Waals surface area contributed by atoms with Crippen LogP contribution in [0.5, 0.6) is 6.01 Å². The van der Waals surface area contributed by atoms with Gasteiger partial charge in [-0.1, -0.05) is 37.3 Å². The van der Waals surface area contributed by atoms with Crippen LogP contribution in [0.15, 0.2) is 36.4 Å². The van der Waals surface area contributed by atoms with E-state index in [1.54, 1.807) is 4.57 Å². The number of aromatic nitrogens is 5. The van der Waals surface area contributed by atoms with Gasteiger partial charge in [-0.05, 0) is 63.2 Å². The molecule has 1 unspecified atom stereocenters. The molecule has 1 atom stereocenters. The molecule has 0 amide bonds. The van der Waals surface area contributed by atoms with Crippen molar-refractivity contribution in [3.8, 4) is 6.01 Å². The van der Waals surface area contributed by atoms with Crippen LogP contribution >= 0.6 is 0 Å². The van der Waals surface area contributed by atoms with Crippen LogP contribution < -0.4 is 14.5 Å². The van der Waals surface area contributed by atoms with Gasteiger partial charge in [-0.2, -0.15) is 23.1 Å². The molecule has 1 aliphatic carbocycles. The quantitative estimate of drug-likeness (QED) is 0.213. The van der Waals surface area contributed by atoms with E-state index < -0.39 is 12.1 Å². The highest BCUT2D eigenvalue weighted by Gasteiger charge is 2.44. The largest absolute Gasteiger partial charge is 0.463 e. The Kier molecular flexibility index (Phi) is 8.26. The molecule has 0 radical (unpaired) electrons. The number of nitrogens with zero attached hydrogens (tertiary/aromatic N) is 8. The van der Waals surface area contributed by atoms with E-state index in [9.17, 15) is 13.2 Å². The minimum absolute atomic E-state index is 0.0415. The molecule has 9 nitrogen and oxygen atoms in total. The van der Waals surface area contributed by atoms with Crippen molar-refractivity contribution >= 4 is 22.3 Å². The summed E-state index contributed by atoms with van der Waals surface area (Å²) in [7, 11) is 6.07. The summed E-state index contributed by atoms with van der Waals surface area (Å²) in [6.45, 7) is 5.18. The summed E-state index contributed by atoms with van der Waals surface area (Å²) in [6.07, 6.45) is -0.0669. The number of anilines is 2. The van der Waals surface area contributed by atoms with Gasteiger partial charge in [0.1, 0.15) is 11.6 Å². The highest BCUT2D eigenvalue weighted by molar-refractivity contribution is 5.97. The molecule has 1 fully saturated rings. The van der Waals surface area contributed by atoms with E-state index in [2.05, 4.69) is 77.4 Å². The molecule has 2 aromatic heterocycles. The van der Waals surface area contributed by atoms with Crippen LogP contribution in [0.3, 0.4) is 0 Å². The molecule has 0 N–H and O–H groups in total. The monoisotopic (exact) mass is 648 g/mol. The third-order valence-electron chi connectivity index (χ3n) is 10.1. The zero-order valence-electron chi connectivity index (χ0n) is 27.6. The maximum atomic E-state index is 13.6. The van der Waals surface area contributed by atoms with Gasteiger partial charge in [0.25, 0.3) is 0 Å². The average molecular weight is 649 g/mol. The molecule has 0 bridgehead atoms. The second-order valence-electron chi connectivity index (χ2n) is 13.9. The summed E-state index contributed by atoms with van der Waals surface area (Å²) in [5.74, 6) is 0.451. The van der Waals surface area contributed by atoms with E-state index >= 15 is 0 Å². The van der Waals surface area contributed by atoms with Gasteiger partial charge >= 0.3 is 12.2 Å². The second kappa shape index (κ2) is 12.3. The summed E-state index contributed by atoms with van der Waals surface area (Å²) in [5.41, 5.74) is 4.56. The topological polar surface area (TPSA) is 75.4 Å². The smallest absolute Gasteiger partial charge is 0.393 e. The van der Waals surface area contributed by atoms with E-state index in [-0.39, 0.29) is 31.3 Å². The van der Waals surface area contributed by atoms with Gasteiger partial charge in [0.2, 0.25) is 0 Å². The molecule has 1 saturated carbocycles. The van der Waals surface area contributed by atoms with Crippen LogP contribution in [0, 0.1) is 11.3 Å². The summed E-state index contributed by atoms with van der Waals surface area (Å²) < 4.78 is 48.9. The lowest BCUT2D eigenvalue weighted by Gasteiger charge is -2.34. The lowest BCUT2D eigenvalue weighted by molar-refractivity contribution is -0.182. The predicted octanol–water partition coefficient (Wildman–Crippen LogP) is 5.83. The number of hydrogen-bond donors (Lipinski definition) is 0. The lowest BCUT2D eigenvalue weighted by atomic mass is 9.98. The Morgan fingerprint density at radius 3 is 2.53 bits per heavy atom. The fraction of sp³-hybridized carbons (Fsp3) is 0.543. The number of hydrogen-bond acceptors (Lipinski definition) is 8. The van der Waals surface area contributed by atoms with Gasteiger partial charge in [-0.15, -0.1) is 10.2 Å². The number of halogens is 3. The zero-order chi connectivity index (χ0) is 32.9. The second-order valence-corrected chi connectivity index (χ2v) is 13.9. The Hall–Kier alpha value is -3.93.